The molecule has 1 heterocycles. The van der Waals surface area contributed by atoms with Crippen molar-refractivity contribution in [1.29, 1.82) is 0 Å². The predicted octanol–water partition coefficient (Wildman–Crippen LogP) is 2.89. The number of fused-ring (bicyclic) bond motifs is 1. The molecule has 3 heteroatoms. The number of hydrogen-bond acceptors (Lipinski definition) is 2. The van der Waals surface area contributed by atoms with Crippen molar-refractivity contribution >= 4 is 11.0 Å². The summed E-state index contributed by atoms with van der Waals surface area (Å²) in [6.45, 7) is 3.92. The molecule has 0 saturated heterocycles. The third-order valence-corrected chi connectivity index (χ3v) is 2.21. The number of rotatable bonds is 1. The van der Waals surface area contributed by atoms with Gasteiger partial charge in [-0.3, -0.25) is 9.97 Å². The molecule has 0 spiro atoms. The van der Waals surface area contributed by atoms with Crippen molar-refractivity contribution in [3.8, 4) is 0 Å². The third kappa shape index (κ3) is 1.45. The minimum absolute atomic E-state index is 0.168. The quantitative estimate of drug-likeness (QED) is 0.691. The molecule has 1 aromatic heterocycles. The summed E-state index contributed by atoms with van der Waals surface area (Å²) in [7, 11) is 0. The van der Waals surface area contributed by atoms with E-state index in [9.17, 15) is 4.39 Å². The molecule has 0 aliphatic heterocycles. The van der Waals surface area contributed by atoms with Gasteiger partial charge < -0.3 is 0 Å². The standard InChI is InChI=1S/C11H11FN2/c1-7(2)8-5-10-11(6-9(8)12)14-4-3-13-10/h3-7H,1-2H3. The Bertz CT molecular complexity index is 466. The van der Waals surface area contributed by atoms with Crippen molar-refractivity contribution in [2.75, 3.05) is 0 Å². The summed E-state index contributed by atoms with van der Waals surface area (Å²) in [4.78, 5) is 8.18. The second-order valence-corrected chi connectivity index (χ2v) is 3.57. The third-order valence-electron chi connectivity index (χ3n) is 2.21. The van der Waals surface area contributed by atoms with Crippen LogP contribution in [0.15, 0.2) is 24.5 Å². The molecule has 0 saturated carbocycles. The van der Waals surface area contributed by atoms with Crippen LogP contribution in [0.4, 0.5) is 4.39 Å². The van der Waals surface area contributed by atoms with Crippen molar-refractivity contribution in [3.63, 3.8) is 0 Å². The molecule has 14 heavy (non-hydrogen) atoms. The Morgan fingerprint density at radius 1 is 1.07 bits per heavy atom. The van der Waals surface area contributed by atoms with Crippen molar-refractivity contribution in [1.82, 2.24) is 9.97 Å². The second kappa shape index (κ2) is 3.33. The van der Waals surface area contributed by atoms with Gasteiger partial charge in [-0.05, 0) is 17.5 Å². The molecule has 0 unspecified atom stereocenters. The molecule has 0 N–H and O–H groups in total. The molecule has 0 aliphatic carbocycles. The summed E-state index contributed by atoms with van der Waals surface area (Å²) in [5.74, 6) is -0.0330. The Hall–Kier alpha value is -1.51. The largest absolute Gasteiger partial charge is 0.253 e. The first-order valence-electron chi connectivity index (χ1n) is 4.58. The van der Waals surface area contributed by atoms with Gasteiger partial charge >= 0.3 is 0 Å². The molecule has 0 fully saturated rings. The van der Waals surface area contributed by atoms with E-state index in [-0.39, 0.29) is 11.7 Å². The van der Waals surface area contributed by atoms with Crippen LogP contribution in [0.3, 0.4) is 0 Å². The van der Waals surface area contributed by atoms with Crippen LogP contribution in [0.5, 0.6) is 0 Å². The van der Waals surface area contributed by atoms with Crippen LogP contribution < -0.4 is 0 Å². The molecule has 2 aromatic rings. The zero-order valence-electron chi connectivity index (χ0n) is 8.16. The Morgan fingerprint density at radius 2 is 1.64 bits per heavy atom. The van der Waals surface area contributed by atoms with Gasteiger partial charge in [0.25, 0.3) is 0 Å². The van der Waals surface area contributed by atoms with Gasteiger partial charge in [0.2, 0.25) is 0 Å². The van der Waals surface area contributed by atoms with Crippen molar-refractivity contribution in [3.05, 3.63) is 35.9 Å². The van der Waals surface area contributed by atoms with Crippen molar-refractivity contribution in [2.45, 2.75) is 19.8 Å². The first-order valence-corrected chi connectivity index (χ1v) is 4.58. The number of benzene rings is 1. The maximum absolute atomic E-state index is 13.5. The highest BCUT2D eigenvalue weighted by atomic mass is 19.1. The summed E-state index contributed by atoms with van der Waals surface area (Å²) in [5, 5.41) is 0. The fourth-order valence-electron chi connectivity index (χ4n) is 1.44. The fraction of sp³-hybridized carbons (Fsp3) is 0.273. The van der Waals surface area contributed by atoms with Gasteiger partial charge in [-0.2, -0.15) is 0 Å². The molecule has 1 aromatic carbocycles. The van der Waals surface area contributed by atoms with E-state index in [2.05, 4.69) is 9.97 Å². The highest BCUT2D eigenvalue weighted by Gasteiger charge is 2.08. The van der Waals surface area contributed by atoms with Gasteiger partial charge in [0, 0.05) is 18.5 Å². The minimum Gasteiger partial charge on any atom is -0.253 e. The van der Waals surface area contributed by atoms with E-state index in [1.807, 2.05) is 13.8 Å². The molecule has 2 rings (SSSR count). The van der Waals surface area contributed by atoms with E-state index in [0.717, 1.165) is 5.52 Å². The lowest BCUT2D eigenvalue weighted by Crippen LogP contribution is -1.94. The van der Waals surface area contributed by atoms with E-state index in [0.29, 0.717) is 11.1 Å². The smallest absolute Gasteiger partial charge is 0.128 e. The van der Waals surface area contributed by atoms with Gasteiger partial charge in [0.15, 0.2) is 0 Å². The lowest BCUT2D eigenvalue weighted by atomic mass is 10.0. The van der Waals surface area contributed by atoms with Gasteiger partial charge in [-0.15, -0.1) is 0 Å². The second-order valence-electron chi connectivity index (χ2n) is 3.57. The predicted molar refractivity (Wildman–Crippen MR) is 53.6 cm³/mol. The van der Waals surface area contributed by atoms with Gasteiger partial charge in [0.05, 0.1) is 11.0 Å². The molecule has 0 radical (unpaired) electrons. The van der Waals surface area contributed by atoms with Gasteiger partial charge in [-0.1, -0.05) is 13.8 Å². The highest BCUT2D eigenvalue weighted by Crippen LogP contribution is 2.22. The zero-order valence-corrected chi connectivity index (χ0v) is 8.16. The molecule has 0 aliphatic rings. The lowest BCUT2D eigenvalue weighted by Gasteiger charge is -2.07. The normalized spacial score (nSPS) is 11.1. The Labute approximate surface area is 81.8 Å². The van der Waals surface area contributed by atoms with Crippen LogP contribution in [0, 0.1) is 5.82 Å². The first-order chi connectivity index (χ1) is 6.68. The monoisotopic (exact) mass is 190 g/mol. The van der Waals surface area contributed by atoms with Crippen molar-refractivity contribution < 1.29 is 4.39 Å². The Morgan fingerprint density at radius 3 is 2.21 bits per heavy atom. The van der Waals surface area contributed by atoms with E-state index >= 15 is 0 Å². The molecular formula is C11H11FN2. The van der Waals surface area contributed by atoms with Crippen LogP contribution in [0.2, 0.25) is 0 Å². The topological polar surface area (TPSA) is 25.8 Å². The van der Waals surface area contributed by atoms with E-state index in [1.54, 1.807) is 18.5 Å². The summed E-state index contributed by atoms with van der Waals surface area (Å²) in [5.41, 5.74) is 2.05. The molecule has 0 amide bonds. The lowest BCUT2D eigenvalue weighted by molar-refractivity contribution is 0.600. The number of aromatic nitrogens is 2. The van der Waals surface area contributed by atoms with E-state index < -0.39 is 0 Å². The minimum atomic E-state index is -0.201. The molecule has 0 bridgehead atoms. The number of halogens is 1. The van der Waals surface area contributed by atoms with Gasteiger partial charge in [0.1, 0.15) is 5.82 Å². The fourth-order valence-corrected chi connectivity index (χ4v) is 1.44. The summed E-state index contributed by atoms with van der Waals surface area (Å²) < 4.78 is 13.5. The molecule has 2 nitrogen and oxygen atoms in total. The van der Waals surface area contributed by atoms with Crippen LogP contribution in [-0.4, -0.2) is 9.97 Å². The summed E-state index contributed by atoms with van der Waals surface area (Å²) >= 11 is 0. The molecule has 0 atom stereocenters. The van der Waals surface area contributed by atoms with Crippen LogP contribution in [0.1, 0.15) is 25.3 Å². The first kappa shape index (κ1) is 9.06. The van der Waals surface area contributed by atoms with Gasteiger partial charge in [-0.25, -0.2) is 4.39 Å². The van der Waals surface area contributed by atoms with E-state index in [4.69, 9.17) is 0 Å². The van der Waals surface area contributed by atoms with Crippen LogP contribution in [0.25, 0.3) is 11.0 Å². The summed E-state index contributed by atoms with van der Waals surface area (Å²) in [6, 6.07) is 3.21. The highest BCUT2D eigenvalue weighted by molar-refractivity contribution is 5.74. The van der Waals surface area contributed by atoms with Crippen LogP contribution >= 0.6 is 0 Å². The average Bonchev–Trinajstić information content (AvgIpc) is 2.16. The average molecular weight is 190 g/mol. The van der Waals surface area contributed by atoms with Crippen LogP contribution in [-0.2, 0) is 0 Å². The molecular weight excluding hydrogens is 179 g/mol. The maximum Gasteiger partial charge on any atom is 0.128 e. The maximum atomic E-state index is 13.5. The summed E-state index contributed by atoms with van der Waals surface area (Å²) in [6.07, 6.45) is 3.18. The SMILES string of the molecule is CC(C)c1cc2nccnc2cc1F. The zero-order chi connectivity index (χ0) is 10.1. The Balaban J connectivity index is 2.71. The van der Waals surface area contributed by atoms with E-state index in [1.165, 1.54) is 6.07 Å². The Kier molecular flexibility index (Phi) is 2.15. The molecule has 72 valence electrons. The number of hydrogen-bond donors (Lipinski definition) is 0. The number of nitrogens with zero attached hydrogens (tertiary/aromatic N) is 2. The van der Waals surface area contributed by atoms with Crippen molar-refractivity contribution in [2.24, 2.45) is 0 Å².